The Hall–Kier alpha value is -2.76. The molecule has 6 heteroatoms. The second kappa shape index (κ2) is 6.39. The van der Waals surface area contributed by atoms with Crippen molar-refractivity contribution >= 4 is 5.82 Å². The highest BCUT2D eigenvalue weighted by atomic mass is 16.5. The molecule has 0 atom stereocenters. The minimum atomic E-state index is 0.638. The van der Waals surface area contributed by atoms with Gasteiger partial charge in [0.2, 0.25) is 0 Å². The lowest BCUT2D eigenvalue weighted by atomic mass is 10.1. The number of hydrogen-bond donors (Lipinski definition) is 0. The normalized spacial score (nSPS) is 10.9. The van der Waals surface area contributed by atoms with Gasteiger partial charge in [-0.25, -0.2) is 9.97 Å². The molecule has 0 amide bonds. The molecule has 0 spiro atoms. The highest BCUT2D eigenvalue weighted by Gasteiger charge is 2.17. The standard InChI is InChI=1S/C18H21N5O/c1-11-12(2)20-17(16-8-6-7-9-19-16)21-18(11)23(5)10-15-13(3)22-24-14(15)4/h6-9H,10H2,1-5H3. The molecule has 0 aliphatic carbocycles. The topological polar surface area (TPSA) is 67.9 Å². The van der Waals surface area contributed by atoms with Crippen LogP contribution < -0.4 is 4.90 Å². The van der Waals surface area contributed by atoms with Crippen molar-refractivity contribution in [1.82, 2.24) is 20.1 Å². The number of anilines is 1. The van der Waals surface area contributed by atoms with Gasteiger partial charge in [-0.2, -0.15) is 0 Å². The average Bonchev–Trinajstić information content (AvgIpc) is 2.89. The second-order valence-electron chi connectivity index (χ2n) is 5.95. The van der Waals surface area contributed by atoms with Gasteiger partial charge in [0.15, 0.2) is 5.82 Å². The molecule has 0 aromatic carbocycles. The molecule has 3 heterocycles. The van der Waals surface area contributed by atoms with Gasteiger partial charge in [0.25, 0.3) is 0 Å². The van der Waals surface area contributed by atoms with Gasteiger partial charge in [0.1, 0.15) is 17.3 Å². The van der Waals surface area contributed by atoms with Crippen LogP contribution in [-0.4, -0.2) is 27.2 Å². The van der Waals surface area contributed by atoms with E-state index in [1.54, 1.807) is 6.20 Å². The maximum absolute atomic E-state index is 5.26. The van der Waals surface area contributed by atoms with Crippen molar-refractivity contribution < 1.29 is 4.52 Å². The van der Waals surface area contributed by atoms with Crippen molar-refractivity contribution in [3.05, 3.63) is 52.7 Å². The lowest BCUT2D eigenvalue weighted by Crippen LogP contribution is -2.21. The number of aromatic nitrogens is 4. The van der Waals surface area contributed by atoms with E-state index in [-0.39, 0.29) is 0 Å². The predicted molar refractivity (Wildman–Crippen MR) is 92.8 cm³/mol. The van der Waals surface area contributed by atoms with Crippen LogP contribution in [0.5, 0.6) is 0 Å². The van der Waals surface area contributed by atoms with Gasteiger partial charge in [-0.05, 0) is 39.8 Å². The van der Waals surface area contributed by atoms with E-state index in [9.17, 15) is 0 Å². The minimum absolute atomic E-state index is 0.638. The zero-order valence-corrected chi connectivity index (χ0v) is 14.7. The van der Waals surface area contributed by atoms with Crippen LogP contribution >= 0.6 is 0 Å². The summed E-state index contributed by atoms with van der Waals surface area (Å²) in [7, 11) is 2.02. The van der Waals surface area contributed by atoms with E-state index in [0.29, 0.717) is 12.4 Å². The van der Waals surface area contributed by atoms with E-state index in [2.05, 4.69) is 20.0 Å². The first-order valence-electron chi connectivity index (χ1n) is 7.87. The third-order valence-electron chi connectivity index (χ3n) is 4.20. The molecule has 124 valence electrons. The first kappa shape index (κ1) is 16.1. The number of pyridine rings is 1. The number of rotatable bonds is 4. The van der Waals surface area contributed by atoms with Gasteiger partial charge in [-0.3, -0.25) is 4.98 Å². The first-order chi connectivity index (χ1) is 11.5. The lowest BCUT2D eigenvalue weighted by molar-refractivity contribution is 0.392. The van der Waals surface area contributed by atoms with Crippen LogP contribution in [0, 0.1) is 27.7 Å². The number of nitrogens with zero attached hydrogens (tertiary/aromatic N) is 5. The maximum Gasteiger partial charge on any atom is 0.180 e. The fraction of sp³-hybridized carbons (Fsp3) is 0.333. The van der Waals surface area contributed by atoms with Gasteiger partial charge < -0.3 is 9.42 Å². The van der Waals surface area contributed by atoms with E-state index >= 15 is 0 Å². The fourth-order valence-corrected chi connectivity index (χ4v) is 2.63. The van der Waals surface area contributed by atoms with Gasteiger partial charge >= 0.3 is 0 Å². The van der Waals surface area contributed by atoms with Crippen LogP contribution in [-0.2, 0) is 6.54 Å². The van der Waals surface area contributed by atoms with Crippen molar-refractivity contribution in [2.75, 3.05) is 11.9 Å². The Bertz CT molecular complexity index is 838. The van der Waals surface area contributed by atoms with E-state index in [1.165, 1.54) is 0 Å². The molecular formula is C18H21N5O. The molecule has 0 bridgehead atoms. The molecule has 0 N–H and O–H groups in total. The van der Waals surface area contributed by atoms with Crippen LogP contribution in [0.25, 0.3) is 11.5 Å². The molecule has 3 rings (SSSR count). The summed E-state index contributed by atoms with van der Waals surface area (Å²) in [4.78, 5) is 15.8. The van der Waals surface area contributed by atoms with Crippen LogP contribution in [0.4, 0.5) is 5.82 Å². The second-order valence-corrected chi connectivity index (χ2v) is 5.95. The summed E-state index contributed by atoms with van der Waals surface area (Å²) in [6.45, 7) is 8.60. The summed E-state index contributed by atoms with van der Waals surface area (Å²) in [5, 5.41) is 4.02. The lowest BCUT2D eigenvalue weighted by Gasteiger charge is -2.21. The van der Waals surface area contributed by atoms with Crippen LogP contribution in [0.15, 0.2) is 28.9 Å². The Kier molecular flexibility index (Phi) is 4.29. The first-order valence-corrected chi connectivity index (χ1v) is 7.87. The Morgan fingerprint density at radius 3 is 2.46 bits per heavy atom. The molecule has 3 aromatic heterocycles. The van der Waals surface area contributed by atoms with Crippen LogP contribution in [0.1, 0.15) is 28.3 Å². The monoisotopic (exact) mass is 323 g/mol. The Morgan fingerprint density at radius 1 is 1.04 bits per heavy atom. The third-order valence-corrected chi connectivity index (χ3v) is 4.20. The van der Waals surface area contributed by atoms with Crippen molar-refractivity contribution in [1.29, 1.82) is 0 Å². The van der Waals surface area contributed by atoms with E-state index in [4.69, 9.17) is 9.51 Å². The Labute approximate surface area is 141 Å². The quantitative estimate of drug-likeness (QED) is 0.733. The molecule has 0 fully saturated rings. The maximum atomic E-state index is 5.26. The summed E-state index contributed by atoms with van der Waals surface area (Å²) in [6, 6.07) is 5.74. The molecule has 0 aliphatic heterocycles. The van der Waals surface area contributed by atoms with Gasteiger partial charge in [0.05, 0.1) is 5.69 Å². The SMILES string of the molecule is Cc1nc(-c2ccccn2)nc(N(C)Cc2c(C)noc2C)c1C. The summed E-state index contributed by atoms with van der Waals surface area (Å²) < 4.78 is 5.26. The summed E-state index contributed by atoms with van der Waals surface area (Å²) in [6.07, 6.45) is 1.75. The zero-order chi connectivity index (χ0) is 17.3. The number of hydrogen-bond acceptors (Lipinski definition) is 6. The molecule has 0 unspecified atom stereocenters. The molecule has 24 heavy (non-hydrogen) atoms. The molecule has 0 saturated carbocycles. The van der Waals surface area contributed by atoms with Crippen molar-refractivity contribution in [3.8, 4) is 11.5 Å². The molecule has 0 radical (unpaired) electrons. The third kappa shape index (κ3) is 2.99. The molecule has 6 nitrogen and oxygen atoms in total. The van der Waals surface area contributed by atoms with E-state index < -0.39 is 0 Å². The van der Waals surface area contributed by atoms with E-state index in [0.717, 1.165) is 39.8 Å². The Morgan fingerprint density at radius 2 is 1.83 bits per heavy atom. The van der Waals surface area contributed by atoms with Gasteiger partial charge in [-0.1, -0.05) is 11.2 Å². The van der Waals surface area contributed by atoms with Gasteiger partial charge in [-0.15, -0.1) is 0 Å². The minimum Gasteiger partial charge on any atom is -0.361 e. The fourth-order valence-electron chi connectivity index (χ4n) is 2.63. The van der Waals surface area contributed by atoms with Crippen molar-refractivity contribution in [2.45, 2.75) is 34.2 Å². The van der Waals surface area contributed by atoms with Crippen molar-refractivity contribution in [3.63, 3.8) is 0 Å². The predicted octanol–water partition coefficient (Wildman–Crippen LogP) is 3.40. The molecular weight excluding hydrogens is 302 g/mol. The zero-order valence-electron chi connectivity index (χ0n) is 14.7. The average molecular weight is 323 g/mol. The van der Waals surface area contributed by atoms with E-state index in [1.807, 2.05) is 52.9 Å². The number of aryl methyl sites for hydroxylation is 3. The summed E-state index contributed by atoms with van der Waals surface area (Å²) in [5.41, 5.74) is 4.78. The Balaban J connectivity index is 1.99. The molecule has 3 aromatic rings. The smallest absolute Gasteiger partial charge is 0.180 e. The highest BCUT2D eigenvalue weighted by Crippen LogP contribution is 2.25. The summed E-state index contributed by atoms with van der Waals surface area (Å²) >= 11 is 0. The highest BCUT2D eigenvalue weighted by molar-refractivity contribution is 5.57. The molecule has 0 aliphatic rings. The van der Waals surface area contributed by atoms with Gasteiger partial charge in [0, 0.05) is 36.6 Å². The summed E-state index contributed by atoms with van der Waals surface area (Å²) in [5.74, 6) is 2.37. The van der Waals surface area contributed by atoms with Crippen molar-refractivity contribution in [2.24, 2.45) is 0 Å². The largest absolute Gasteiger partial charge is 0.361 e. The van der Waals surface area contributed by atoms with Crippen LogP contribution in [0.2, 0.25) is 0 Å². The molecule has 0 saturated heterocycles. The van der Waals surface area contributed by atoms with Crippen LogP contribution in [0.3, 0.4) is 0 Å².